The summed E-state index contributed by atoms with van der Waals surface area (Å²) >= 11 is 1.87. The molecule has 1 N–H and O–H groups in total. The first-order chi connectivity index (χ1) is 12.8. The van der Waals surface area contributed by atoms with Crippen LogP contribution in [0.5, 0.6) is 0 Å². The van der Waals surface area contributed by atoms with Gasteiger partial charge in [-0.1, -0.05) is 43.7 Å². The van der Waals surface area contributed by atoms with Gasteiger partial charge in [0, 0.05) is 21.4 Å². The van der Waals surface area contributed by atoms with Gasteiger partial charge in [-0.3, -0.25) is 0 Å². The Morgan fingerprint density at radius 1 is 1.08 bits per heavy atom. The Bertz CT molecular complexity index is 998. The van der Waals surface area contributed by atoms with E-state index < -0.39 is 0 Å². The summed E-state index contributed by atoms with van der Waals surface area (Å²) in [4.78, 5) is 4.69. The van der Waals surface area contributed by atoms with Crippen molar-refractivity contribution < 1.29 is 0 Å². The van der Waals surface area contributed by atoms with Crippen LogP contribution in [-0.2, 0) is 0 Å². The molecule has 0 radical (unpaired) electrons. The Morgan fingerprint density at radius 3 is 2.50 bits per heavy atom. The summed E-state index contributed by atoms with van der Waals surface area (Å²) in [6.07, 6.45) is 4.09. The molecule has 0 aliphatic carbocycles. The molecule has 0 fully saturated rings. The Balaban J connectivity index is 2.03. The van der Waals surface area contributed by atoms with E-state index in [1.807, 2.05) is 48.2 Å². The molecule has 0 bridgehead atoms. The molecule has 26 heavy (non-hydrogen) atoms. The molecular weight excluding hydrogens is 338 g/mol. The molecule has 0 spiro atoms. The number of hydrogen-bond donors (Lipinski definition) is 1. The quantitative estimate of drug-likeness (QED) is 0.326. The van der Waals surface area contributed by atoms with E-state index in [9.17, 15) is 0 Å². The largest absolute Gasteiger partial charge is 0.354 e. The van der Waals surface area contributed by atoms with E-state index >= 15 is 0 Å². The van der Waals surface area contributed by atoms with E-state index in [2.05, 4.69) is 36.2 Å². The van der Waals surface area contributed by atoms with Crippen molar-refractivity contribution in [1.29, 1.82) is 10.5 Å². The first-order valence-electron chi connectivity index (χ1n) is 8.62. The van der Waals surface area contributed by atoms with E-state index in [-0.39, 0.29) is 5.57 Å². The fourth-order valence-corrected chi connectivity index (χ4v) is 3.82. The van der Waals surface area contributed by atoms with Gasteiger partial charge >= 0.3 is 0 Å². The number of nitriles is 2. The predicted octanol–water partition coefficient (Wildman–Crippen LogP) is 6.16. The smallest absolute Gasteiger partial charge is 0.130 e. The van der Waals surface area contributed by atoms with Crippen LogP contribution in [0, 0.1) is 22.7 Å². The molecule has 2 aromatic carbocycles. The summed E-state index contributed by atoms with van der Waals surface area (Å²) in [6.45, 7) is 2.20. The van der Waals surface area contributed by atoms with Crippen LogP contribution in [0.2, 0.25) is 0 Å². The lowest BCUT2D eigenvalue weighted by Gasteiger charge is -2.04. The SMILES string of the molecule is CCCCSc1ccc(-c2[nH]c3ccccc3c2C=C(C#N)C#N)cc1. The number of para-hydroxylation sites is 1. The molecule has 4 heteroatoms. The highest BCUT2D eigenvalue weighted by atomic mass is 32.2. The summed E-state index contributed by atoms with van der Waals surface area (Å²) in [7, 11) is 0. The van der Waals surface area contributed by atoms with Crippen molar-refractivity contribution in [2.75, 3.05) is 5.75 Å². The average molecular weight is 357 g/mol. The maximum absolute atomic E-state index is 9.14. The number of fused-ring (bicyclic) bond motifs is 1. The molecule has 3 nitrogen and oxygen atoms in total. The topological polar surface area (TPSA) is 63.4 Å². The minimum absolute atomic E-state index is 0.0998. The minimum atomic E-state index is 0.0998. The molecule has 1 heterocycles. The first-order valence-corrected chi connectivity index (χ1v) is 9.61. The van der Waals surface area contributed by atoms with E-state index in [1.165, 1.54) is 17.7 Å². The highest BCUT2D eigenvalue weighted by Crippen LogP contribution is 2.33. The number of aromatic nitrogens is 1. The molecule has 0 atom stereocenters. The fourth-order valence-electron chi connectivity index (χ4n) is 2.83. The molecule has 3 rings (SSSR count). The Kier molecular flexibility index (Phi) is 5.79. The fraction of sp³-hybridized carbons (Fsp3) is 0.182. The van der Waals surface area contributed by atoms with Crippen molar-refractivity contribution in [3.05, 3.63) is 59.7 Å². The van der Waals surface area contributed by atoms with Gasteiger partial charge in [0.15, 0.2) is 0 Å². The second-order valence-corrected chi connectivity index (χ2v) is 7.14. The number of nitrogens with one attached hydrogen (secondary N) is 1. The normalized spacial score (nSPS) is 10.3. The van der Waals surface area contributed by atoms with Crippen LogP contribution < -0.4 is 0 Å². The van der Waals surface area contributed by atoms with Crippen molar-refractivity contribution in [2.24, 2.45) is 0 Å². The summed E-state index contributed by atoms with van der Waals surface area (Å²) < 4.78 is 0. The predicted molar refractivity (Wildman–Crippen MR) is 109 cm³/mol. The molecule has 0 saturated heterocycles. The van der Waals surface area contributed by atoms with Crippen molar-refractivity contribution in [3.63, 3.8) is 0 Å². The maximum Gasteiger partial charge on any atom is 0.130 e. The first kappa shape index (κ1) is 17.9. The third kappa shape index (κ3) is 3.82. The van der Waals surface area contributed by atoms with Gasteiger partial charge in [-0.2, -0.15) is 10.5 Å². The standard InChI is InChI=1S/C22H19N3S/c1-2-3-12-26-18-10-8-17(9-11-18)22-20(13-16(14-23)15-24)19-6-4-5-7-21(19)25-22/h4-11,13,25H,2-3,12H2,1H3. The summed E-state index contributed by atoms with van der Waals surface area (Å²) in [5.74, 6) is 1.13. The van der Waals surface area contributed by atoms with Gasteiger partial charge in [-0.25, -0.2) is 0 Å². The third-order valence-corrected chi connectivity index (χ3v) is 5.28. The number of H-pyrrole nitrogens is 1. The highest BCUT2D eigenvalue weighted by molar-refractivity contribution is 7.99. The summed E-state index contributed by atoms with van der Waals surface area (Å²) in [5.41, 5.74) is 3.94. The number of rotatable bonds is 6. The summed E-state index contributed by atoms with van der Waals surface area (Å²) in [6, 6.07) is 20.3. The van der Waals surface area contributed by atoms with Crippen molar-refractivity contribution in [3.8, 4) is 23.4 Å². The van der Waals surface area contributed by atoms with Crippen LogP contribution in [0.4, 0.5) is 0 Å². The van der Waals surface area contributed by atoms with Crippen LogP contribution in [-0.4, -0.2) is 10.7 Å². The number of benzene rings is 2. The third-order valence-electron chi connectivity index (χ3n) is 4.19. The van der Waals surface area contributed by atoms with Crippen molar-refractivity contribution >= 4 is 28.7 Å². The van der Waals surface area contributed by atoms with Gasteiger partial charge in [0.05, 0.1) is 5.69 Å². The van der Waals surface area contributed by atoms with Gasteiger partial charge in [-0.05, 0) is 42.0 Å². The lowest BCUT2D eigenvalue weighted by molar-refractivity contribution is 0.896. The van der Waals surface area contributed by atoms with Crippen molar-refractivity contribution in [1.82, 2.24) is 4.98 Å². The Labute approximate surface area is 158 Å². The van der Waals surface area contributed by atoms with Crippen LogP contribution in [0.15, 0.2) is 59.0 Å². The zero-order valence-electron chi connectivity index (χ0n) is 14.6. The molecule has 0 unspecified atom stereocenters. The van der Waals surface area contributed by atoms with Crippen molar-refractivity contribution in [2.45, 2.75) is 24.7 Å². The molecule has 0 amide bonds. The monoisotopic (exact) mass is 357 g/mol. The van der Waals surface area contributed by atoms with E-state index in [4.69, 9.17) is 10.5 Å². The lowest BCUT2D eigenvalue weighted by atomic mass is 10.0. The van der Waals surface area contributed by atoms with Crippen LogP contribution in [0.3, 0.4) is 0 Å². The number of thioether (sulfide) groups is 1. The molecule has 0 aliphatic heterocycles. The second kappa shape index (κ2) is 8.43. The van der Waals surface area contributed by atoms with Gasteiger partial charge in [0.1, 0.15) is 17.7 Å². The molecule has 0 aliphatic rings. The number of unbranched alkanes of at least 4 members (excludes halogenated alkanes) is 1. The van der Waals surface area contributed by atoms with Gasteiger partial charge in [0.25, 0.3) is 0 Å². The van der Waals surface area contributed by atoms with Gasteiger partial charge in [-0.15, -0.1) is 11.8 Å². The molecule has 1 aromatic heterocycles. The number of nitrogens with zero attached hydrogens (tertiary/aromatic N) is 2. The number of hydrogen-bond acceptors (Lipinski definition) is 3. The van der Waals surface area contributed by atoms with E-state index in [1.54, 1.807) is 6.08 Å². The second-order valence-electron chi connectivity index (χ2n) is 5.97. The molecule has 128 valence electrons. The summed E-state index contributed by atoms with van der Waals surface area (Å²) in [5, 5.41) is 19.3. The van der Waals surface area contributed by atoms with E-state index in [0.29, 0.717) is 0 Å². The van der Waals surface area contributed by atoms with Crippen LogP contribution >= 0.6 is 11.8 Å². The number of allylic oxidation sites excluding steroid dienone is 1. The molecular formula is C22H19N3S. The van der Waals surface area contributed by atoms with Crippen LogP contribution in [0.1, 0.15) is 25.3 Å². The Morgan fingerprint density at radius 2 is 1.81 bits per heavy atom. The molecule has 3 aromatic rings. The average Bonchev–Trinajstić information content (AvgIpc) is 3.05. The molecule has 0 saturated carbocycles. The zero-order valence-corrected chi connectivity index (χ0v) is 15.4. The Hall–Kier alpha value is -2.95. The number of aromatic amines is 1. The van der Waals surface area contributed by atoms with Crippen LogP contribution in [0.25, 0.3) is 28.2 Å². The zero-order chi connectivity index (χ0) is 18.4. The van der Waals surface area contributed by atoms with Gasteiger partial charge in [0.2, 0.25) is 0 Å². The minimum Gasteiger partial charge on any atom is -0.354 e. The lowest BCUT2D eigenvalue weighted by Crippen LogP contribution is -1.84. The maximum atomic E-state index is 9.14. The van der Waals surface area contributed by atoms with Gasteiger partial charge < -0.3 is 4.98 Å². The van der Waals surface area contributed by atoms with E-state index in [0.717, 1.165) is 33.5 Å². The highest BCUT2D eigenvalue weighted by Gasteiger charge is 2.12.